The Bertz CT molecular complexity index is 380. The number of carbonyl (C=O) groups is 1. The number of hydrogen-bond donors (Lipinski definition) is 2. The van der Waals surface area contributed by atoms with E-state index in [9.17, 15) is 4.79 Å². The van der Waals surface area contributed by atoms with Crippen LogP contribution in [0.15, 0.2) is 24.3 Å². The second-order valence-electron chi connectivity index (χ2n) is 4.67. The molecule has 0 aliphatic carbocycles. The average molecular weight is 305 g/mol. The SMILES string of the molecule is CC(N)C(C)C(=O)NCCCc1ccc(Cl)cc1.Cl. The third kappa shape index (κ3) is 6.81. The summed E-state index contributed by atoms with van der Waals surface area (Å²) in [4.78, 5) is 11.6. The van der Waals surface area contributed by atoms with Gasteiger partial charge in [-0.25, -0.2) is 0 Å². The summed E-state index contributed by atoms with van der Waals surface area (Å²) in [6.07, 6.45) is 1.85. The molecular weight excluding hydrogens is 283 g/mol. The van der Waals surface area contributed by atoms with Crippen molar-refractivity contribution in [1.82, 2.24) is 5.32 Å². The predicted octanol–water partition coefficient (Wildman–Crippen LogP) is 2.79. The van der Waals surface area contributed by atoms with Crippen LogP contribution in [0.2, 0.25) is 5.02 Å². The van der Waals surface area contributed by atoms with Crippen LogP contribution < -0.4 is 11.1 Å². The first kappa shape index (κ1) is 18.2. The molecule has 0 bridgehead atoms. The van der Waals surface area contributed by atoms with Gasteiger partial charge in [0.05, 0.1) is 0 Å². The average Bonchev–Trinajstić information content (AvgIpc) is 2.35. The summed E-state index contributed by atoms with van der Waals surface area (Å²) >= 11 is 5.81. The van der Waals surface area contributed by atoms with Gasteiger partial charge in [0.2, 0.25) is 5.91 Å². The number of hydrogen-bond acceptors (Lipinski definition) is 2. The maximum atomic E-state index is 11.6. The lowest BCUT2D eigenvalue weighted by Crippen LogP contribution is -2.39. The molecule has 0 spiro atoms. The lowest BCUT2D eigenvalue weighted by atomic mass is 10.0. The largest absolute Gasteiger partial charge is 0.356 e. The molecule has 0 heterocycles. The number of benzene rings is 1. The Labute approximate surface area is 126 Å². The molecule has 2 atom stereocenters. The van der Waals surface area contributed by atoms with E-state index in [4.69, 9.17) is 17.3 Å². The fourth-order valence-corrected chi connectivity index (χ4v) is 1.68. The van der Waals surface area contributed by atoms with Crippen LogP contribution in [0.3, 0.4) is 0 Å². The molecule has 0 aliphatic rings. The van der Waals surface area contributed by atoms with E-state index in [1.54, 1.807) is 0 Å². The first-order valence-corrected chi connectivity index (χ1v) is 6.66. The van der Waals surface area contributed by atoms with Crippen LogP contribution in [0, 0.1) is 5.92 Å². The molecule has 0 aromatic heterocycles. The maximum absolute atomic E-state index is 11.6. The van der Waals surface area contributed by atoms with E-state index in [0.29, 0.717) is 6.54 Å². The van der Waals surface area contributed by atoms with Crippen LogP contribution in [-0.4, -0.2) is 18.5 Å². The van der Waals surface area contributed by atoms with Crippen LogP contribution in [0.1, 0.15) is 25.8 Å². The van der Waals surface area contributed by atoms with Crippen molar-refractivity contribution in [1.29, 1.82) is 0 Å². The van der Waals surface area contributed by atoms with Crippen molar-refractivity contribution in [3.63, 3.8) is 0 Å². The van der Waals surface area contributed by atoms with Gasteiger partial charge in [-0.1, -0.05) is 30.7 Å². The van der Waals surface area contributed by atoms with E-state index in [0.717, 1.165) is 17.9 Å². The van der Waals surface area contributed by atoms with E-state index in [1.807, 2.05) is 38.1 Å². The second kappa shape index (κ2) is 9.18. The Balaban J connectivity index is 0.00000324. The van der Waals surface area contributed by atoms with Crippen LogP contribution in [0.25, 0.3) is 0 Å². The molecular formula is C14H22Cl2N2O. The highest BCUT2D eigenvalue weighted by molar-refractivity contribution is 6.30. The van der Waals surface area contributed by atoms with Gasteiger partial charge in [-0.3, -0.25) is 4.79 Å². The highest BCUT2D eigenvalue weighted by atomic mass is 35.5. The Hall–Kier alpha value is -0.770. The summed E-state index contributed by atoms with van der Waals surface area (Å²) in [6.45, 7) is 4.37. The Morgan fingerprint density at radius 3 is 2.42 bits per heavy atom. The van der Waals surface area contributed by atoms with Crippen LogP contribution in [-0.2, 0) is 11.2 Å². The van der Waals surface area contributed by atoms with Crippen molar-refractivity contribution >= 4 is 29.9 Å². The van der Waals surface area contributed by atoms with Crippen molar-refractivity contribution in [3.05, 3.63) is 34.9 Å². The Morgan fingerprint density at radius 1 is 1.32 bits per heavy atom. The van der Waals surface area contributed by atoms with Gasteiger partial charge in [0.1, 0.15) is 0 Å². The minimum atomic E-state index is -0.138. The molecule has 0 saturated heterocycles. The molecule has 5 heteroatoms. The Morgan fingerprint density at radius 2 is 1.89 bits per heavy atom. The molecule has 0 aliphatic heterocycles. The van der Waals surface area contributed by atoms with Gasteiger partial charge >= 0.3 is 0 Å². The zero-order valence-corrected chi connectivity index (χ0v) is 12.9. The van der Waals surface area contributed by atoms with E-state index < -0.39 is 0 Å². The number of aryl methyl sites for hydroxylation is 1. The fourth-order valence-electron chi connectivity index (χ4n) is 1.55. The van der Waals surface area contributed by atoms with Gasteiger partial charge in [0.25, 0.3) is 0 Å². The molecule has 3 nitrogen and oxygen atoms in total. The third-order valence-corrected chi connectivity index (χ3v) is 3.31. The third-order valence-electron chi connectivity index (χ3n) is 3.06. The second-order valence-corrected chi connectivity index (χ2v) is 5.11. The number of nitrogens with two attached hydrogens (primary N) is 1. The fraction of sp³-hybridized carbons (Fsp3) is 0.500. The molecule has 0 saturated carbocycles. The zero-order valence-electron chi connectivity index (χ0n) is 11.4. The van der Waals surface area contributed by atoms with E-state index in [1.165, 1.54) is 5.56 Å². The monoisotopic (exact) mass is 304 g/mol. The van der Waals surface area contributed by atoms with Crippen molar-refractivity contribution in [3.8, 4) is 0 Å². The number of rotatable bonds is 6. The standard InChI is InChI=1S/C14H21ClN2O.ClH/c1-10(11(2)16)14(18)17-9-3-4-12-5-7-13(15)8-6-12;/h5-8,10-11H,3-4,9,16H2,1-2H3,(H,17,18);1H. The van der Waals surface area contributed by atoms with E-state index >= 15 is 0 Å². The van der Waals surface area contributed by atoms with Gasteiger partial charge in [-0.15, -0.1) is 12.4 Å². The molecule has 0 fully saturated rings. The number of amides is 1. The molecule has 19 heavy (non-hydrogen) atoms. The van der Waals surface area contributed by atoms with Crippen molar-refractivity contribution < 1.29 is 4.79 Å². The number of halogens is 2. The molecule has 1 amide bonds. The van der Waals surface area contributed by atoms with E-state index in [-0.39, 0.29) is 30.3 Å². The van der Waals surface area contributed by atoms with Gasteiger partial charge in [-0.2, -0.15) is 0 Å². The van der Waals surface area contributed by atoms with Crippen LogP contribution in [0.5, 0.6) is 0 Å². The topological polar surface area (TPSA) is 55.1 Å². The molecule has 108 valence electrons. The highest BCUT2D eigenvalue weighted by Crippen LogP contribution is 2.10. The van der Waals surface area contributed by atoms with Crippen LogP contribution >= 0.6 is 24.0 Å². The summed E-state index contributed by atoms with van der Waals surface area (Å²) in [5.74, 6) is -0.110. The van der Waals surface area contributed by atoms with Crippen molar-refractivity contribution in [2.45, 2.75) is 32.7 Å². The Kier molecular flexibility index (Phi) is 8.81. The minimum absolute atomic E-state index is 0. The predicted molar refractivity (Wildman–Crippen MR) is 82.8 cm³/mol. The highest BCUT2D eigenvalue weighted by Gasteiger charge is 2.15. The van der Waals surface area contributed by atoms with Crippen molar-refractivity contribution in [2.24, 2.45) is 11.7 Å². The molecule has 2 unspecified atom stereocenters. The molecule has 1 aromatic carbocycles. The minimum Gasteiger partial charge on any atom is -0.356 e. The van der Waals surface area contributed by atoms with E-state index in [2.05, 4.69) is 5.32 Å². The normalized spacial score (nSPS) is 13.3. The van der Waals surface area contributed by atoms with Gasteiger partial charge in [0, 0.05) is 23.5 Å². The zero-order chi connectivity index (χ0) is 13.5. The van der Waals surface area contributed by atoms with Crippen LogP contribution in [0.4, 0.5) is 0 Å². The molecule has 1 aromatic rings. The maximum Gasteiger partial charge on any atom is 0.224 e. The lowest BCUT2D eigenvalue weighted by Gasteiger charge is -2.15. The summed E-state index contributed by atoms with van der Waals surface area (Å²) in [7, 11) is 0. The van der Waals surface area contributed by atoms with Gasteiger partial charge < -0.3 is 11.1 Å². The summed E-state index contributed by atoms with van der Waals surface area (Å²) < 4.78 is 0. The summed E-state index contributed by atoms with van der Waals surface area (Å²) in [5, 5.41) is 3.65. The first-order chi connectivity index (χ1) is 8.50. The lowest BCUT2D eigenvalue weighted by molar-refractivity contribution is -0.124. The quantitative estimate of drug-likeness (QED) is 0.794. The molecule has 1 rings (SSSR count). The smallest absolute Gasteiger partial charge is 0.224 e. The summed E-state index contributed by atoms with van der Waals surface area (Å²) in [6, 6.07) is 7.67. The summed E-state index contributed by atoms with van der Waals surface area (Å²) in [5.41, 5.74) is 6.90. The first-order valence-electron chi connectivity index (χ1n) is 6.28. The van der Waals surface area contributed by atoms with Gasteiger partial charge in [-0.05, 0) is 37.5 Å². The number of nitrogens with one attached hydrogen (secondary N) is 1. The number of carbonyl (C=O) groups excluding carboxylic acids is 1. The van der Waals surface area contributed by atoms with Crippen molar-refractivity contribution in [2.75, 3.05) is 6.54 Å². The molecule has 0 radical (unpaired) electrons. The van der Waals surface area contributed by atoms with Gasteiger partial charge in [0.15, 0.2) is 0 Å². The molecule has 3 N–H and O–H groups in total.